The summed E-state index contributed by atoms with van der Waals surface area (Å²) in [6.07, 6.45) is 3.42. The van der Waals surface area contributed by atoms with Crippen LogP contribution in [0, 0.1) is 0 Å². The summed E-state index contributed by atoms with van der Waals surface area (Å²) in [5.41, 5.74) is 2.05. The van der Waals surface area contributed by atoms with Gasteiger partial charge in [-0.15, -0.1) is 0 Å². The predicted octanol–water partition coefficient (Wildman–Crippen LogP) is 3.50. The van der Waals surface area contributed by atoms with Crippen LogP contribution >= 0.6 is 22.9 Å². The van der Waals surface area contributed by atoms with Crippen molar-refractivity contribution >= 4 is 28.8 Å². The van der Waals surface area contributed by atoms with E-state index in [4.69, 9.17) is 11.6 Å². The summed E-state index contributed by atoms with van der Waals surface area (Å²) in [5, 5.41) is 11.8. The Morgan fingerprint density at radius 3 is 2.73 bits per heavy atom. The monoisotopic (exact) mass is 331 g/mol. The van der Waals surface area contributed by atoms with Gasteiger partial charge in [0.05, 0.1) is 6.04 Å². The first-order chi connectivity index (χ1) is 10.7. The lowest BCUT2D eigenvalue weighted by molar-refractivity contribution is -0.122. The second-order valence-electron chi connectivity index (χ2n) is 4.81. The number of carbonyl (C=O) groups is 1. The molecule has 0 fully saturated rings. The largest absolute Gasteiger partial charge is 0.344 e. The summed E-state index contributed by atoms with van der Waals surface area (Å²) in [7, 11) is 0. The molecule has 0 aliphatic rings. The zero-order valence-electron chi connectivity index (χ0n) is 11.6. The zero-order chi connectivity index (χ0) is 15.4. The minimum Gasteiger partial charge on any atom is -0.344 e. The number of hydrogen-bond donors (Lipinski definition) is 1. The maximum absolute atomic E-state index is 12.3. The van der Waals surface area contributed by atoms with Crippen molar-refractivity contribution in [3.8, 4) is 0 Å². The van der Waals surface area contributed by atoms with Crippen LogP contribution in [0.5, 0.6) is 0 Å². The average molecular weight is 332 g/mol. The summed E-state index contributed by atoms with van der Waals surface area (Å²) in [6.45, 7) is 0.196. The van der Waals surface area contributed by atoms with Gasteiger partial charge in [0.25, 0.3) is 0 Å². The van der Waals surface area contributed by atoms with Crippen LogP contribution in [0.15, 0.2) is 59.6 Å². The van der Waals surface area contributed by atoms with E-state index in [1.54, 1.807) is 34.5 Å². The molecule has 0 bridgehead atoms. The Kier molecular flexibility index (Phi) is 4.56. The highest BCUT2D eigenvalue weighted by molar-refractivity contribution is 7.08. The number of hydrogen-bond acceptors (Lipinski definition) is 3. The van der Waals surface area contributed by atoms with Crippen molar-refractivity contribution in [1.29, 1.82) is 0 Å². The van der Waals surface area contributed by atoms with Gasteiger partial charge in [-0.25, -0.2) is 0 Å². The molecule has 1 amide bonds. The first-order valence-corrected chi connectivity index (χ1v) is 8.09. The second kappa shape index (κ2) is 6.77. The molecule has 0 spiro atoms. The number of halogens is 1. The van der Waals surface area contributed by atoms with Gasteiger partial charge in [0.2, 0.25) is 5.91 Å². The van der Waals surface area contributed by atoms with Gasteiger partial charge in [-0.1, -0.05) is 23.7 Å². The summed E-state index contributed by atoms with van der Waals surface area (Å²) in [5.74, 6) is -0.0881. The molecule has 0 radical (unpaired) electrons. The average Bonchev–Trinajstić information content (AvgIpc) is 3.19. The number of nitrogens with zero attached hydrogens (tertiary/aromatic N) is 2. The third-order valence-electron chi connectivity index (χ3n) is 3.25. The molecule has 4 nitrogen and oxygen atoms in total. The van der Waals surface area contributed by atoms with E-state index >= 15 is 0 Å². The lowest BCUT2D eigenvalue weighted by Gasteiger charge is -2.18. The molecular formula is C16H14ClN3OS. The number of thiophene rings is 1. The molecule has 0 saturated carbocycles. The van der Waals surface area contributed by atoms with E-state index in [-0.39, 0.29) is 18.5 Å². The fourth-order valence-electron chi connectivity index (χ4n) is 2.20. The van der Waals surface area contributed by atoms with Gasteiger partial charge >= 0.3 is 0 Å². The molecule has 2 heterocycles. The van der Waals surface area contributed by atoms with Gasteiger partial charge in [-0.05, 0) is 46.2 Å². The number of nitrogens with one attached hydrogen (secondary N) is 1. The van der Waals surface area contributed by atoms with E-state index in [2.05, 4.69) is 10.4 Å². The van der Waals surface area contributed by atoms with Crippen LogP contribution in [-0.2, 0) is 11.3 Å². The van der Waals surface area contributed by atoms with Crippen molar-refractivity contribution in [2.75, 3.05) is 0 Å². The molecule has 1 atom stereocenters. The standard InChI is InChI=1S/C16H14ClN3OS/c17-14-4-2-12(3-5-14)16(13-6-9-22-11-13)19-15(21)10-20-8-1-7-18-20/h1-9,11,16H,10H2,(H,19,21)/t16-/m0/s1. The lowest BCUT2D eigenvalue weighted by Crippen LogP contribution is -2.32. The maximum atomic E-state index is 12.3. The molecule has 0 unspecified atom stereocenters. The number of benzene rings is 1. The molecule has 1 aromatic carbocycles. The predicted molar refractivity (Wildman–Crippen MR) is 88.0 cm³/mol. The first kappa shape index (κ1) is 14.8. The third-order valence-corrected chi connectivity index (χ3v) is 4.20. The van der Waals surface area contributed by atoms with Crippen molar-refractivity contribution in [2.45, 2.75) is 12.6 Å². The Hall–Kier alpha value is -2.11. The molecule has 0 aliphatic carbocycles. The van der Waals surface area contributed by atoms with Gasteiger partial charge in [-0.3, -0.25) is 9.48 Å². The molecular weight excluding hydrogens is 318 g/mol. The van der Waals surface area contributed by atoms with E-state index in [1.807, 2.05) is 41.1 Å². The maximum Gasteiger partial charge on any atom is 0.242 e. The Labute approximate surface area is 137 Å². The highest BCUT2D eigenvalue weighted by Gasteiger charge is 2.17. The number of carbonyl (C=O) groups excluding carboxylic acids is 1. The summed E-state index contributed by atoms with van der Waals surface area (Å²) in [4.78, 5) is 12.3. The molecule has 0 saturated heterocycles. The topological polar surface area (TPSA) is 46.9 Å². The zero-order valence-corrected chi connectivity index (χ0v) is 13.2. The van der Waals surface area contributed by atoms with Gasteiger partial charge in [0.15, 0.2) is 0 Å². The van der Waals surface area contributed by atoms with Crippen LogP contribution in [0.2, 0.25) is 5.02 Å². The molecule has 6 heteroatoms. The van der Waals surface area contributed by atoms with E-state index < -0.39 is 0 Å². The molecule has 0 aliphatic heterocycles. The molecule has 112 valence electrons. The fraction of sp³-hybridized carbons (Fsp3) is 0.125. The van der Waals surface area contributed by atoms with Crippen molar-refractivity contribution in [1.82, 2.24) is 15.1 Å². The highest BCUT2D eigenvalue weighted by atomic mass is 35.5. The van der Waals surface area contributed by atoms with E-state index in [0.717, 1.165) is 11.1 Å². The van der Waals surface area contributed by atoms with Crippen LogP contribution in [0.1, 0.15) is 17.2 Å². The van der Waals surface area contributed by atoms with Crippen LogP contribution in [0.4, 0.5) is 0 Å². The molecule has 3 rings (SSSR count). The molecule has 3 aromatic rings. The Morgan fingerprint density at radius 2 is 2.09 bits per heavy atom. The Bertz CT molecular complexity index is 723. The first-order valence-electron chi connectivity index (χ1n) is 6.77. The van der Waals surface area contributed by atoms with Crippen LogP contribution in [-0.4, -0.2) is 15.7 Å². The molecule has 22 heavy (non-hydrogen) atoms. The SMILES string of the molecule is O=C(Cn1cccn1)N[C@@H](c1ccc(Cl)cc1)c1ccsc1. The lowest BCUT2D eigenvalue weighted by atomic mass is 10.0. The number of aromatic nitrogens is 2. The normalized spacial score (nSPS) is 12.0. The van der Waals surface area contributed by atoms with Crippen LogP contribution in [0.3, 0.4) is 0 Å². The van der Waals surface area contributed by atoms with Crippen molar-refractivity contribution in [3.63, 3.8) is 0 Å². The van der Waals surface area contributed by atoms with Gasteiger partial charge in [0, 0.05) is 17.4 Å². The van der Waals surface area contributed by atoms with E-state index in [1.165, 1.54) is 0 Å². The van der Waals surface area contributed by atoms with Crippen LogP contribution in [0.25, 0.3) is 0 Å². The second-order valence-corrected chi connectivity index (χ2v) is 6.03. The number of rotatable bonds is 5. The van der Waals surface area contributed by atoms with Crippen molar-refractivity contribution in [3.05, 3.63) is 75.7 Å². The number of amides is 1. The molecule has 1 N–H and O–H groups in total. The summed E-state index contributed by atoms with van der Waals surface area (Å²) < 4.78 is 1.60. The van der Waals surface area contributed by atoms with Gasteiger partial charge < -0.3 is 5.32 Å². The Morgan fingerprint density at radius 1 is 1.27 bits per heavy atom. The van der Waals surface area contributed by atoms with Crippen molar-refractivity contribution < 1.29 is 4.79 Å². The summed E-state index contributed by atoms with van der Waals surface area (Å²) in [6, 6.07) is 11.1. The van der Waals surface area contributed by atoms with Crippen LogP contribution < -0.4 is 5.32 Å². The van der Waals surface area contributed by atoms with E-state index in [9.17, 15) is 4.79 Å². The summed E-state index contributed by atoms with van der Waals surface area (Å²) >= 11 is 7.55. The highest BCUT2D eigenvalue weighted by Crippen LogP contribution is 2.25. The van der Waals surface area contributed by atoms with Gasteiger partial charge in [0.1, 0.15) is 6.54 Å². The minimum absolute atomic E-state index is 0.0881. The Balaban J connectivity index is 1.80. The smallest absolute Gasteiger partial charge is 0.242 e. The minimum atomic E-state index is -0.188. The quantitative estimate of drug-likeness (QED) is 0.777. The fourth-order valence-corrected chi connectivity index (χ4v) is 3.01. The van der Waals surface area contributed by atoms with Crippen molar-refractivity contribution in [2.24, 2.45) is 0 Å². The molecule has 2 aromatic heterocycles. The van der Waals surface area contributed by atoms with Gasteiger partial charge in [-0.2, -0.15) is 16.4 Å². The third kappa shape index (κ3) is 3.55. The van der Waals surface area contributed by atoms with E-state index in [0.29, 0.717) is 5.02 Å².